The minimum Gasteiger partial charge on any atom is -0.392 e. The molecule has 2 heterocycles. The van der Waals surface area contributed by atoms with Gasteiger partial charge in [-0.05, 0) is 30.7 Å². The number of hydrogen-bond acceptors (Lipinski definition) is 5. The molecule has 1 aliphatic heterocycles. The van der Waals surface area contributed by atoms with Crippen LogP contribution in [-0.2, 0) is 6.54 Å². The van der Waals surface area contributed by atoms with Gasteiger partial charge < -0.3 is 9.63 Å². The van der Waals surface area contributed by atoms with Gasteiger partial charge in [0.05, 0.1) is 12.6 Å². The van der Waals surface area contributed by atoms with Gasteiger partial charge in [0.15, 0.2) is 0 Å². The molecular formula is C13H14FN3O2. The molecule has 0 spiro atoms. The van der Waals surface area contributed by atoms with Crippen molar-refractivity contribution in [2.75, 3.05) is 13.1 Å². The second-order valence-corrected chi connectivity index (χ2v) is 4.70. The minimum atomic E-state index is -0.293. The van der Waals surface area contributed by atoms with Crippen molar-refractivity contribution in [3.63, 3.8) is 0 Å². The van der Waals surface area contributed by atoms with Crippen LogP contribution in [0.1, 0.15) is 12.3 Å². The molecule has 1 saturated heterocycles. The van der Waals surface area contributed by atoms with Crippen molar-refractivity contribution in [2.45, 2.75) is 19.1 Å². The smallest absolute Gasteiger partial charge is 0.241 e. The van der Waals surface area contributed by atoms with Crippen molar-refractivity contribution in [3.8, 4) is 11.4 Å². The van der Waals surface area contributed by atoms with Crippen LogP contribution in [0.15, 0.2) is 28.8 Å². The zero-order chi connectivity index (χ0) is 13.2. The summed E-state index contributed by atoms with van der Waals surface area (Å²) in [6.45, 7) is 1.99. The van der Waals surface area contributed by atoms with E-state index in [1.807, 2.05) is 0 Å². The molecule has 1 aromatic carbocycles. The Hall–Kier alpha value is -1.79. The predicted molar refractivity (Wildman–Crippen MR) is 65.6 cm³/mol. The van der Waals surface area contributed by atoms with Crippen LogP contribution in [0.2, 0.25) is 0 Å². The second-order valence-electron chi connectivity index (χ2n) is 4.70. The van der Waals surface area contributed by atoms with Gasteiger partial charge in [-0.2, -0.15) is 4.98 Å². The van der Waals surface area contributed by atoms with Crippen LogP contribution >= 0.6 is 0 Å². The van der Waals surface area contributed by atoms with Gasteiger partial charge in [0.2, 0.25) is 11.7 Å². The lowest BCUT2D eigenvalue weighted by atomic mass is 10.2. The van der Waals surface area contributed by atoms with Crippen LogP contribution in [0.3, 0.4) is 0 Å². The van der Waals surface area contributed by atoms with Crippen LogP contribution in [-0.4, -0.2) is 39.3 Å². The Bertz CT molecular complexity index is 555. The highest BCUT2D eigenvalue weighted by Crippen LogP contribution is 2.18. The zero-order valence-corrected chi connectivity index (χ0v) is 10.3. The number of benzene rings is 1. The standard InChI is InChI=1S/C13H14FN3O2/c14-10-3-1-9(2-4-10)13-15-12(19-16-13)8-17-6-5-11(18)7-17/h1-4,11,18H,5-8H2. The number of likely N-dealkylation sites (tertiary alicyclic amines) is 1. The zero-order valence-electron chi connectivity index (χ0n) is 10.3. The first kappa shape index (κ1) is 12.3. The van der Waals surface area contributed by atoms with Crippen LogP contribution < -0.4 is 0 Å². The summed E-state index contributed by atoms with van der Waals surface area (Å²) in [5.74, 6) is 0.668. The van der Waals surface area contributed by atoms with E-state index in [-0.39, 0.29) is 11.9 Å². The molecule has 100 valence electrons. The second kappa shape index (κ2) is 5.07. The van der Waals surface area contributed by atoms with Gasteiger partial charge in [-0.25, -0.2) is 4.39 Å². The van der Waals surface area contributed by atoms with Crippen molar-refractivity contribution < 1.29 is 14.0 Å². The molecule has 2 aromatic rings. The fourth-order valence-electron chi connectivity index (χ4n) is 2.18. The Morgan fingerprint density at radius 1 is 1.37 bits per heavy atom. The first-order chi connectivity index (χ1) is 9.20. The van der Waals surface area contributed by atoms with Crippen LogP contribution in [0.25, 0.3) is 11.4 Å². The van der Waals surface area contributed by atoms with Gasteiger partial charge in [-0.15, -0.1) is 0 Å². The van der Waals surface area contributed by atoms with E-state index < -0.39 is 0 Å². The van der Waals surface area contributed by atoms with Crippen molar-refractivity contribution >= 4 is 0 Å². The van der Waals surface area contributed by atoms with Gasteiger partial charge in [0.1, 0.15) is 5.82 Å². The first-order valence-electron chi connectivity index (χ1n) is 6.19. The predicted octanol–water partition coefficient (Wildman–Crippen LogP) is 1.44. The SMILES string of the molecule is OC1CCN(Cc2nc(-c3ccc(F)cc3)no2)C1. The molecule has 1 N–H and O–H groups in total. The quantitative estimate of drug-likeness (QED) is 0.908. The van der Waals surface area contributed by atoms with Gasteiger partial charge in [0.25, 0.3) is 0 Å². The summed E-state index contributed by atoms with van der Waals surface area (Å²) in [7, 11) is 0. The molecule has 5 nitrogen and oxygen atoms in total. The Kier molecular flexibility index (Phi) is 3.27. The summed E-state index contributed by atoms with van der Waals surface area (Å²) < 4.78 is 18.0. The Morgan fingerprint density at radius 2 is 2.16 bits per heavy atom. The van der Waals surface area contributed by atoms with Gasteiger partial charge in [0, 0.05) is 18.7 Å². The van der Waals surface area contributed by atoms with Gasteiger partial charge in [-0.1, -0.05) is 5.16 Å². The molecule has 19 heavy (non-hydrogen) atoms. The number of hydrogen-bond donors (Lipinski definition) is 1. The number of rotatable bonds is 3. The van der Waals surface area contributed by atoms with Crippen molar-refractivity contribution in [2.24, 2.45) is 0 Å². The Balaban J connectivity index is 1.71. The lowest BCUT2D eigenvalue weighted by molar-refractivity contribution is 0.169. The summed E-state index contributed by atoms with van der Waals surface area (Å²) in [5.41, 5.74) is 0.720. The third-order valence-electron chi connectivity index (χ3n) is 3.18. The number of aliphatic hydroxyl groups excluding tert-OH is 1. The normalized spacial score (nSPS) is 20.0. The Labute approximate surface area is 109 Å². The maximum Gasteiger partial charge on any atom is 0.241 e. The maximum absolute atomic E-state index is 12.8. The summed E-state index contributed by atoms with van der Waals surface area (Å²) in [6.07, 6.45) is 0.512. The molecule has 0 bridgehead atoms. The van der Waals surface area contributed by atoms with E-state index in [4.69, 9.17) is 4.52 Å². The van der Waals surface area contributed by atoms with E-state index in [1.165, 1.54) is 12.1 Å². The van der Waals surface area contributed by atoms with Crippen LogP contribution in [0.5, 0.6) is 0 Å². The molecule has 1 unspecified atom stereocenters. The van der Waals surface area contributed by atoms with E-state index in [0.717, 1.165) is 18.5 Å². The Morgan fingerprint density at radius 3 is 2.84 bits per heavy atom. The third kappa shape index (κ3) is 2.80. The first-order valence-corrected chi connectivity index (χ1v) is 6.19. The average molecular weight is 263 g/mol. The van der Waals surface area contributed by atoms with E-state index >= 15 is 0 Å². The van der Waals surface area contributed by atoms with Gasteiger partial charge in [-0.3, -0.25) is 4.90 Å². The molecule has 3 rings (SSSR count). The summed E-state index contributed by atoms with van der Waals surface area (Å²) in [6, 6.07) is 5.96. The van der Waals surface area contributed by atoms with Gasteiger partial charge >= 0.3 is 0 Å². The molecule has 1 aromatic heterocycles. The van der Waals surface area contributed by atoms with Crippen LogP contribution in [0.4, 0.5) is 4.39 Å². The highest BCUT2D eigenvalue weighted by atomic mass is 19.1. The average Bonchev–Trinajstić information content (AvgIpc) is 3.00. The van der Waals surface area contributed by atoms with E-state index in [2.05, 4.69) is 15.0 Å². The van der Waals surface area contributed by atoms with E-state index in [9.17, 15) is 9.50 Å². The summed E-state index contributed by atoms with van der Waals surface area (Å²) in [4.78, 5) is 6.34. The molecule has 6 heteroatoms. The molecule has 1 aliphatic rings. The highest BCUT2D eigenvalue weighted by Gasteiger charge is 2.22. The maximum atomic E-state index is 12.8. The summed E-state index contributed by atoms with van der Waals surface area (Å²) in [5, 5.41) is 13.3. The van der Waals surface area contributed by atoms with Crippen LogP contribution in [0, 0.1) is 5.82 Å². The van der Waals surface area contributed by atoms with Crippen molar-refractivity contribution in [3.05, 3.63) is 36.0 Å². The lowest BCUT2D eigenvalue weighted by Crippen LogP contribution is -2.21. The highest BCUT2D eigenvalue weighted by molar-refractivity contribution is 5.53. The lowest BCUT2D eigenvalue weighted by Gasteiger charge is -2.10. The van der Waals surface area contributed by atoms with E-state index in [1.54, 1.807) is 12.1 Å². The number of nitrogens with zero attached hydrogens (tertiary/aromatic N) is 3. The number of halogens is 1. The minimum absolute atomic E-state index is 0.264. The number of aliphatic hydroxyl groups is 1. The van der Waals surface area contributed by atoms with Crippen molar-refractivity contribution in [1.29, 1.82) is 0 Å². The third-order valence-corrected chi connectivity index (χ3v) is 3.18. The monoisotopic (exact) mass is 263 g/mol. The summed E-state index contributed by atoms with van der Waals surface area (Å²) >= 11 is 0. The molecule has 0 aliphatic carbocycles. The molecule has 1 fully saturated rings. The number of aromatic nitrogens is 2. The van der Waals surface area contributed by atoms with E-state index in [0.29, 0.717) is 24.8 Å². The largest absolute Gasteiger partial charge is 0.392 e. The molecule has 1 atom stereocenters. The number of β-amino-alcohol motifs (C(OH)–C–C–N with tert-alkyl or cyclic N) is 1. The topological polar surface area (TPSA) is 62.4 Å². The van der Waals surface area contributed by atoms with Crippen molar-refractivity contribution in [1.82, 2.24) is 15.0 Å². The molecular weight excluding hydrogens is 249 g/mol. The molecule has 0 amide bonds. The fourth-order valence-corrected chi connectivity index (χ4v) is 2.18. The fraction of sp³-hybridized carbons (Fsp3) is 0.385. The molecule has 0 radical (unpaired) electrons. The molecule has 0 saturated carbocycles.